The van der Waals surface area contributed by atoms with Crippen LogP contribution in [-0.2, 0) is 0 Å². The van der Waals surface area contributed by atoms with Gasteiger partial charge in [0.25, 0.3) is 5.91 Å². The summed E-state index contributed by atoms with van der Waals surface area (Å²) in [6.45, 7) is 4.14. The second-order valence-electron chi connectivity index (χ2n) is 6.11. The fourth-order valence-electron chi connectivity index (χ4n) is 2.80. The van der Waals surface area contributed by atoms with Crippen molar-refractivity contribution in [3.05, 3.63) is 47.8 Å². The molecule has 1 saturated heterocycles. The van der Waals surface area contributed by atoms with Crippen LogP contribution in [0.4, 0.5) is 11.6 Å². The third kappa shape index (κ3) is 3.69. The quantitative estimate of drug-likeness (QED) is 0.940. The summed E-state index contributed by atoms with van der Waals surface area (Å²) < 4.78 is 0. The highest BCUT2D eigenvalue weighted by atomic mass is 16.1. The van der Waals surface area contributed by atoms with Crippen LogP contribution in [0.2, 0.25) is 0 Å². The van der Waals surface area contributed by atoms with Crippen LogP contribution in [0.15, 0.2) is 36.7 Å². The van der Waals surface area contributed by atoms with E-state index < -0.39 is 0 Å². The minimum Gasteiger partial charge on any atom is -0.341 e. The second kappa shape index (κ2) is 7.09. The highest BCUT2D eigenvalue weighted by Crippen LogP contribution is 2.19. The summed E-state index contributed by atoms with van der Waals surface area (Å²) in [5, 5.41) is 11.6. The average molecular weight is 321 g/mol. The van der Waals surface area contributed by atoms with Gasteiger partial charge in [-0.15, -0.1) is 0 Å². The zero-order valence-electron chi connectivity index (χ0n) is 13.6. The molecule has 0 radical (unpaired) electrons. The first-order valence-electron chi connectivity index (χ1n) is 8.04. The summed E-state index contributed by atoms with van der Waals surface area (Å²) >= 11 is 0. The minimum absolute atomic E-state index is 0.265. The molecule has 1 amide bonds. The lowest BCUT2D eigenvalue weighted by atomic mass is 10.0. The summed E-state index contributed by atoms with van der Waals surface area (Å²) in [4.78, 5) is 23.1. The topological polar surface area (TPSA) is 81.9 Å². The number of benzene rings is 1. The Morgan fingerprint density at radius 3 is 2.62 bits per heavy atom. The molecule has 1 atom stereocenters. The number of piperidine rings is 1. The molecule has 1 aromatic carbocycles. The Morgan fingerprint density at radius 2 is 2.00 bits per heavy atom. The first-order valence-corrected chi connectivity index (χ1v) is 8.04. The van der Waals surface area contributed by atoms with Crippen LogP contribution in [0.25, 0.3) is 0 Å². The molecular weight excluding hydrogens is 302 g/mol. The number of aromatic nitrogens is 2. The van der Waals surface area contributed by atoms with E-state index in [1.54, 1.807) is 36.7 Å². The number of anilines is 2. The van der Waals surface area contributed by atoms with Crippen LogP contribution < -0.4 is 10.2 Å². The van der Waals surface area contributed by atoms with E-state index in [-0.39, 0.29) is 5.91 Å². The predicted molar refractivity (Wildman–Crippen MR) is 91.8 cm³/mol. The minimum atomic E-state index is -0.265. The molecule has 1 aliphatic heterocycles. The SMILES string of the molecule is CC1CCCN(c2ncc(C(=O)Nc3ccc(C#N)cc3)cn2)C1. The molecule has 2 aromatic rings. The molecule has 1 aliphatic rings. The number of nitrogens with one attached hydrogen (secondary N) is 1. The molecule has 0 aliphatic carbocycles. The summed E-state index contributed by atoms with van der Waals surface area (Å²) in [7, 11) is 0. The molecule has 0 saturated carbocycles. The number of carbonyl (C=O) groups excluding carboxylic acids is 1. The standard InChI is InChI=1S/C18H19N5O/c1-13-3-2-8-23(12-13)18-20-10-15(11-21-18)17(24)22-16-6-4-14(9-19)5-7-16/h4-7,10-11,13H,2-3,8,12H2,1H3,(H,22,24). The van der Waals surface area contributed by atoms with Gasteiger partial charge in [0.1, 0.15) is 0 Å². The van der Waals surface area contributed by atoms with Gasteiger partial charge < -0.3 is 10.2 Å². The van der Waals surface area contributed by atoms with Gasteiger partial charge in [-0.1, -0.05) is 6.92 Å². The lowest BCUT2D eigenvalue weighted by Gasteiger charge is -2.30. The van der Waals surface area contributed by atoms with E-state index in [0.29, 0.717) is 28.7 Å². The molecule has 24 heavy (non-hydrogen) atoms. The van der Waals surface area contributed by atoms with Gasteiger partial charge >= 0.3 is 0 Å². The van der Waals surface area contributed by atoms with Gasteiger partial charge in [-0.25, -0.2) is 9.97 Å². The van der Waals surface area contributed by atoms with Crippen LogP contribution in [0, 0.1) is 17.2 Å². The fourth-order valence-corrected chi connectivity index (χ4v) is 2.80. The van der Waals surface area contributed by atoms with E-state index in [9.17, 15) is 4.79 Å². The molecule has 0 bridgehead atoms. The molecule has 122 valence electrons. The molecule has 6 heteroatoms. The smallest absolute Gasteiger partial charge is 0.258 e. The third-order valence-electron chi connectivity index (χ3n) is 4.11. The number of hydrogen-bond acceptors (Lipinski definition) is 5. The molecule has 2 heterocycles. The first-order chi connectivity index (χ1) is 11.7. The molecule has 6 nitrogen and oxygen atoms in total. The van der Waals surface area contributed by atoms with Crippen molar-refractivity contribution >= 4 is 17.5 Å². The third-order valence-corrected chi connectivity index (χ3v) is 4.11. The summed E-state index contributed by atoms with van der Waals surface area (Å²) in [5.41, 5.74) is 1.59. The van der Waals surface area contributed by atoms with Crippen molar-refractivity contribution in [1.29, 1.82) is 5.26 Å². The van der Waals surface area contributed by atoms with Gasteiger partial charge in [0.2, 0.25) is 5.95 Å². The molecule has 1 unspecified atom stereocenters. The number of carbonyl (C=O) groups is 1. The van der Waals surface area contributed by atoms with E-state index in [2.05, 4.69) is 27.1 Å². The van der Waals surface area contributed by atoms with Crippen molar-refractivity contribution in [2.75, 3.05) is 23.3 Å². The predicted octanol–water partition coefficient (Wildman–Crippen LogP) is 2.84. The molecule has 1 aromatic heterocycles. The Hall–Kier alpha value is -2.94. The monoisotopic (exact) mass is 321 g/mol. The largest absolute Gasteiger partial charge is 0.341 e. The number of amides is 1. The highest BCUT2D eigenvalue weighted by Gasteiger charge is 2.19. The Morgan fingerprint density at radius 1 is 1.29 bits per heavy atom. The van der Waals surface area contributed by atoms with E-state index in [1.807, 2.05) is 6.07 Å². The first kappa shape index (κ1) is 15.9. The fraction of sp³-hybridized carbons (Fsp3) is 0.333. The van der Waals surface area contributed by atoms with E-state index in [1.165, 1.54) is 6.42 Å². The average Bonchev–Trinajstić information content (AvgIpc) is 2.62. The van der Waals surface area contributed by atoms with Crippen molar-refractivity contribution in [3.8, 4) is 6.07 Å². The Balaban J connectivity index is 1.66. The Labute approximate surface area is 141 Å². The van der Waals surface area contributed by atoms with Crippen LogP contribution in [0.1, 0.15) is 35.7 Å². The van der Waals surface area contributed by atoms with Gasteiger partial charge in [-0.2, -0.15) is 5.26 Å². The van der Waals surface area contributed by atoms with Gasteiger partial charge in [-0.05, 0) is 43.0 Å². The Kier molecular flexibility index (Phi) is 4.71. The molecule has 3 rings (SSSR count). The summed E-state index contributed by atoms with van der Waals surface area (Å²) in [6, 6.07) is 8.75. The van der Waals surface area contributed by atoms with Crippen LogP contribution >= 0.6 is 0 Å². The normalized spacial score (nSPS) is 17.2. The number of nitriles is 1. The summed E-state index contributed by atoms with van der Waals surface area (Å²) in [6.07, 6.45) is 5.49. The van der Waals surface area contributed by atoms with Crippen molar-refractivity contribution in [2.45, 2.75) is 19.8 Å². The van der Waals surface area contributed by atoms with E-state index in [4.69, 9.17) is 5.26 Å². The van der Waals surface area contributed by atoms with Crippen molar-refractivity contribution < 1.29 is 4.79 Å². The highest BCUT2D eigenvalue weighted by molar-refractivity contribution is 6.03. The van der Waals surface area contributed by atoms with E-state index >= 15 is 0 Å². The number of nitrogens with zero attached hydrogens (tertiary/aromatic N) is 4. The van der Waals surface area contributed by atoms with Crippen LogP contribution in [0.3, 0.4) is 0 Å². The van der Waals surface area contributed by atoms with Crippen LogP contribution in [-0.4, -0.2) is 29.0 Å². The maximum atomic E-state index is 12.2. The number of rotatable bonds is 3. The lowest BCUT2D eigenvalue weighted by molar-refractivity contribution is 0.102. The van der Waals surface area contributed by atoms with Crippen molar-refractivity contribution in [2.24, 2.45) is 5.92 Å². The maximum Gasteiger partial charge on any atom is 0.258 e. The summed E-state index contributed by atoms with van der Waals surface area (Å²) in [5.74, 6) is 1.05. The zero-order chi connectivity index (χ0) is 16.9. The van der Waals surface area contributed by atoms with Crippen LogP contribution in [0.5, 0.6) is 0 Å². The van der Waals surface area contributed by atoms with Gasteiger partial charge in [0.05, 0.1) is 17.2 Å². The van der Waals surface area contributed by atoms with Crippen molar-refractivity contribution in [1.82, 2.24) is 9.97 Å². The van der Waals surface area contributed by atoms with Gasteiger partial charge in [-0.3, -0.25) is 4.79 Å². The van der Waals surface area contributed by atoms with Gasteiger partial charge in [0, 0.05) is 31.2 Å². The molecule has 1 fully saturated rings. The zero-order valence-corrected chi connectivity index (χ0v) is 13.6. The molecule has 0 spiro atoms. The molecular formula is C18H19N5O. The van der Waals surface area contributed by atoms with Crippen molar-refractivity contribution in [3.63, 3.8) is 0 Å². The number of hydrogen-bond donors (Lipinski definition) is 1. The Bertz CT molecular complexity index is 748. The lowest BCUT2D eigenvalue weighted by Crippen LogP contribution is -2.35. The van der Waals surface area contributed by atoms with Gasteiger partial charge in [0.15, 0.2) is 0 Å². The maximum absolute atomic E-state index is 12.2. The van der Waals surface area contributed by atoms with E-state index in [0.717, 1.165) is 19.5 Å². The molecule has 1 N–H and O–H groups in total. The second-order valence-corrected chi connectivity index (χ2v) is 6.11.